The number of hydrogen-bond donors (Lipinski definition) is 2. The van der Waals surface area contributed by atoms with Crippen molar-refractivity contribution in [1.29, 1.82) is 0 Å². The molecule has 96 valence electrons. The highest BCUT2D eigenvalue weighted by Crippen LogP contribution is 2.27. The van der Waals surface area contributed by atoms with Crippen LogP contribution < -0.4 is 5.32 Å². The number of aliphatic hydroxyl groups is 1. The van der Waals surface area contributed by atoms with E-state index in [-0.39, 0.29) is 16.9 Å². The number of aromatic nitrogens is 2. The number of β-amino-alcohol motifs (C(OH)–C–C–N with tert-alkyl or cyclic N) is 1. The van der Waals surface area contributed by atoms with Gasteiger partial charge in [0.15, 0.2) is 5.82 Å². The monoisotopic (exact) mass is 257 g/mol. The van der Waals surface area contributed by atoms with Crippen LogP contribution in [0.1, 0.15) is 44.9 Å². The van der Waals surface area contributed by atoms with E-state index in [4.69, 9.17) is 4.52 Å². The maximum absolute atomic E-state index is 9.42. The summed E-state index contributed by atoms with van der Waals surface area (Å²) in [7, 11) is 0. The first-order valence-corrected chi connectivity index (χ1v) is 6.80. The maximum Gasteiger partial charge on any atom is 0.243 e. The number of rotatable bonds is 3. The van der Waals surface area contributed by atoms with Gasteiger partial charge in [0, 0.05) is 11.3 Å². The number of hydrogen-bond acceptors (Lipinski definition) is 6. The van der Waals surface area contributed by atoms with Gasteiger partial charge in [0.25, 0.3) is 0 Å². The lowest BCUT2D eigenvalue weighted by atomic mass is 10.2. The molecule has 17 heavy (non-hydrogen) atoms. The summed E-state index contributed by atoms with van der Waals surface area (Å²) in [5.41, 5.74) is 0. The van der Waals surface area contributed by atoms with E-state index in [1.807, 2.05) is 0 Å². The first-order valence-electron chi connectivity index (χ1n) is 5.82. The number of nitrogens with one attached hydrogen (secondary N) is 1. The topological polar surface area (TPSA) is 71.2 Å². The van der Waals surface area contributed by atoms with Gasteiger partial charge < -0.3 is 14.9 Å². The zero-order valence-corrected chi connectivity index (χ0v) is 11.3. The summed E-state index contributed by atoms with van der Waals surface area (Å²) in [4.78, 5) is 4.36. The fourth-order valence-electron chi connectivity index (χ4n) is 1.65. The van der Waals surface area contributed by atoms with Crippen molar-refractivity contribution in [2.24, 2.45) is 0 Å². The number of nitrogens with zero attached hydrogens (tertiary/aromatic N) is 2. The first-order chi connectivity index (χ1) is 7.94. The van der Waals surface area contributed by atoms with Crippen molar-refractivity contribution in [3.63, 3.8) is 0 Å². The predicted molar refractivity (Wildman–Crippen MR) is 66.7 cm³/mol. The van der Waals surface area contributed by atoms with Crippen LogP contribution in [-0.2, 0) is 5.75 Å². The molecule has 2 heterocycles. The lowest BCUT2D eigenvalue weighted by Crippen LogP contribution is -2.15. The molecule has 1 aliphatic rings. The van der Waals surface area contributed by atoms with Gasteiger partial charge >= 0.3 is 0 Å². The fourth-order valence-corrected chi connectivity index (χ4v) is 2.33. The van der Waals surface area contributed by atoms with E-state index in [1.54, 1.807) is 11.8 Å². The Morgan fingerprint density at radius 3 is 2.88 bits per heavy atom. The van der Waals surface area contributed by atoms with Crippen LogP contribution in [0, 0.1) is 0 Å². The molecule has 2 atom stereocenters. The van der Waals surface area contributed by atoms with Gasteiger partial charge in [0.05, 0.1) is 17.9 Å². The standard InChI is InChI=1S/C11H19N3O2S/c1-11(2,3)17-6-9-13-10(16-14-9)8-4-7(15)5-12-8/h7-8,12,15H,4-6H2,1-3H3/t7-,8+/m1/s1. The van der Waals surface area contributed by atoms with Gasteiger partial charge in [-0.1, -0.05) is 25.9 Å². The molecule has 6 heteroatoms. The average Bonchev–Trinajstić information content (AvgIpc) is 2.81. The Morgan fingerprint density at radius 2 is 2.29 bits per heavy atom. The molecule has 0 aliphatic carbocycles. The van der Waals surface area contributed by atoms with Crippen LogP contribution in [0.4, 0.5) is 0 Å². The molecule has 0 saturated carbocycles. The average molecular weight is 257 g/mol. The van der Waals surface area contributed by atoms with Crippen molar-refractivity contribution in [3.05, 3.63) is 11.7 Å². The Bertz CT molecular complexity index is 375. The molecule has 1 aromatic rings. The largest absolute Gasteiger partial charge is 0.392 e. The molecule has 2 N–H and O–H groups in total. The van der Waals surface area contributed by atoms with Crippen LogP contribution in [-0.4, -0.2) is 32.6 Å². The molecule has 1 saturated heterocycles. The van der Waals surface area contributed by atoms with E-state index in [0.717, 1.165) is 11.6 Å². The Balaban J connectivity index is 1.92. The maximum atomic E-state index is 9.42. The lowest BCUT2D eigenvalue weighted by Gasteiger charge is -2.15. The van der Waals surface area contributed by atoms with Gasteiger partial charge in [0.1, 0.15) is 0 Å². The summed E-state index contributed by atoms with van der Waals surface area (Å²) >= 11 is 1.79. The molecule has 5 nitrogen and oxygen atoms in total. The summed E-state index contributed by atoms with van der Waals surface area (Å²) < 4.78 is 5.41. The van der Waals surface area contributed by atoms with E-state index >= 15 is 0 Å². The van der Waals surface area contributed by atoms with Crippen LogP contribution in [0.25, 0.3) is 0 Å². The minimum atomic E-state index is -0.306. The molecule has 0 aromatic carbocycles. The Hall–Kier alpha value is -0.590. The van der Waals surface area contributed by atoms with Crippen molar-refractivity contribution in [3.8, 4) is 0 Å². The lowest BCUT2D eigenvalue weighted by molar-refractivity contribution is 0.191. The van der Waals surface area contributed by atoms with E-state index in [9.17, 15) is 5.11 Å². The molecular formula is C11H19N3O2S. The molecule has 1 aliphatic heterocycles. The van der Waals surface area contributed by atoms with Gasteiger partial charge in [-0.2, -0.15) is 4.98 Å². The molecule has 0 unspecified atom stereocenters. The van der Waals surface area contributed by atoms with Gasteiger partial charge in [-0.3, -0.25) is 0 Å². The van der Waals surface area contributed by atoms with Crippen LogP contribution >= 0.6 is 11.8 Å². The van der Waals surface area contributed by atoms with Gasteiger partial charge in [0.2, 0.25) is 5.89 Å². The minimum absolute atomic E-state index is 0.00545. The van der Waals surface area contributed by atoms with Crippen molar-refractivity contribution < 1.29 is 9.63 Å². The zero-order chi connectivity index (χ0) is 12.5. The van der Waals surface area contributed by atoms with Crippen LogP contribution in [0.5, 0.6) is 0 Å². The van der Waals surface area contributed by atoms with E-state index in [1.165, 1.54) is 0 Å². The van der Waals surface area contributed by atoms with Gasteiger partial charge in [-0.25, -0.2) is 0 Å². The van der Waals surface area contributed by atoms with Crippen molar-refractivity contribution in [1.82, 2.24) is 15.5 Å². The summed E-state index contributed by atoms with van der Waals surface area (Å²) in [6.45, 7) is 7.08. The van der Waals surface area contributed by atoms with Crippen LogP contribution in [0.15, 0.2) is 4.52 Å². The summed E-state index contributed by atoms with van der Waals surface area (Å²) in [6, 6.07) is 0.00545. The quantitative estimate of drug-likeness (QED) is 0.855. The second-order valence-electron chi connectivity index (χ2n) is 5.30. The van der Waals surface area contributed by atoms with Gasteiger partial charge in [-0.15, -0.1) is 11.8 Å². The van der Waals surface area contributed by atoms with Crippen molar-refractivity contribution >= 4 is 11.8 Å². The van der Waals surface area contributed by atoms with Gasteiger partial charge in [-0.05, 0) is 6.42 Å². The normalized spacial score (nSPS) is 25.4. The smallest absolute Gasteiger partial charge is 0.243 e. The molecular weight excluding hydrogens is 238 g/mol. The molecule has 1 aromatic heterocycles. The zero-order valence-electron chi connectivity index (χ0n) is 10.4. The fraction of sp³-hybridized carbons (Fsp3) is 0.818. The summed E-state index contributed by atoms with van der Waals surface area (Å²) in [6.07, 6.45) is 0.341. The third-order valence-corrected chi connectivity index (χ3v) is 3.79. The highest BCUT2D eigenvalue weighted by Gasteiger charge is 2.28. The molecule has 0 radical (unpaired) electrons. The Labute approximate surface area is 105 Å². The number of aliphatic hydroxyl groups excluding tert-OH is 1. The van der Waals surface area contributed by atoms with E-state index < -0.39 is 0 Å². The Kier molecular flexibility index (Phi) is 3.75. The Morgan fingerprint density at radius 1 is 1.53 bits per heavy atom. The number of thioether (sulfide) groups is 1. The highest BCUT2D eigenvalue weighted by molar-refractivity contribution is 7.99. The second-order valence-corrected chi connectivity index (χ2v) is 7.10. The van der Waals surface area contributed by atoms with E-state index in [0.29, 0.717) is 18.9 Å². The second kappa shape index (κ2) is 4.96. The summed E-state index contributed by atoms with van der Waals surface area (Å²) in [5.74, 6) is 2.07. The van der Waals surface area contributed by atoms with E-state index in [2.05, 4.69) is 36.2 Å². The minimum Gasteiger partial charge on any atom is -0.392 e. The molecule has 2 rings (SSSR count). The first kappa shape index (κ1) is 12.9. The SMILES string of the molecule is CC(C)(C)SCc1noc([C@@H]2C[C@@H](O)CN2)n1. The molecule has 0 amide bonds. The molecule has 1 fully saturated rings. The molecule has 0 spiro atoms. The van der Waals surface area contributed by atoms with Crippen LogP contribution in [0.3, 0.4) is 0 Å². The van der Waals surface area contributed by atoms with Crippen LogP contribution in [0.2, 0.25) is 0 Å². The molecule has 0 bridgehead atoms. The third-order valence-electron chi connectivity index (χ3n) is 2.52. The summed E-state index contributed by atoms with van der Waals surface area (Å²) in [5, 5.41) is 16.5. The van der Waals surface area contributed by atoms with Crippen molar-refractivity contribution in [2.75, 3.05) is 6.54 Å². The third kappa shape index (κ3) is 3.69. The highest BCUT2D eigenvalue weighted by atomic mass is 32.2. The van der Waals surface area contributed by atoms with Crippen molar-refractivity contribution in [2.45, 2.75) is 49.8 Å². The predicted octanol–water partition coefficient (Wildman–Crippen LogP) is 1.50.